The maximum atomic E-state index is 12.3. The van der Waals surface area contributed by atoms with E-state index in [9.17, 15) is 13.6 Å². The van der Waals surface area contributed by atoms with Gasteiger partial charge in [0, 0.05) is 13.5 Å². The number of hydrogen-bond acceptors (Lipinski definition) is 4. The molecule has 0 atom stereocenters. The minimum atomic E-state index is -2.53. The van der Waals surface area contributed by atoms with E-state index >= 15 is 0 Å². The monoisotopic (exact) mass is 247 g/mol. The molecule has 0 aliphatic carbocycles. The van der Waals surface area contributed by atoms with E-state index in [2.05, 4.69) is 10.2 Å². The maximum Gasteiger partial charge on any atom is 0.255 e. The van der Waals surface area contributed by atoms with Crippen LogP contribution in [0, 0.1) is 6.92 Å². The Bertz CT molecular complexity index is 368. The molecule has 0 bridgehead atoms. The van der Waals surface area contributed by atoms with Gasteiger partial charge >= 0.3 is 0 Å². The molecule has 0 radical (unpaired) electrons. The fraction of sp³-hybridized carbons (Fsp3) is 0.700. The van der Waals surface area contributed by atoms with Crippen molar-refractivity contribution < 1.29 is 18.0 Å². The normalized spacial score (nSPS) is 10.9. The molecule has 0 aromatic carbocycles. The quantitative estimate of drug-likeness (QED) is 0.762. The summed E-state index contributed by atoms with van der Waals surface area (Å²) in [7, 11) is 0. The van der Waals surface area contributed by atoms with Gasteiger partial charge in [0.1, 0.15) is 6.42 Å². The van der Waals surface area contributed by atoms with Gasteiger partial charge in [-0.3, -0.25) is 4.79 Å². The summed E-state index contributed by atoms with van der Waals surface area (Å²) in [4.78, 5) is 12.8. The molecule has 0 aliphatic heterocycles. The molecule has 0 spiro atoms. The summed E-state index contributed by atoms with van der Waals surface area (Å²) >= 11 is 0. The molecule has 0 aliphatic rings. The number of carbonyl (C=O) groups is 1. The minimum absolute atomic E-state index is 0.131. The molecule has 0 saturated carbocycles. The van der Waals surface area contributed by atoms with Crippen molar-refractivity contribution in [2.75, 3.05) is 13.1 Å². The molecule has 1 aromatic rings. The number of aryl methyl sites for hydroxylation is 1. The third kappa shape index (κ3) is 4.46. The lowest BCUT2D eigenvalue weighted by Crippen LogP contribution is -2.36. The Labute approximate surface area is 97.8 Å². The van der Waals surface area contributed by atoms with Crippen LogP contribution in [0.25, 0.3) is 0 Å². The second-order valence-electron chi connectivity index (χ2n) is 3.62. The van der Waals surface area contributed by atoms with Gasteiger partial charge < -0.3 is 9.32 Å². The zero-order valence-corrected chi connectivity index (χ0v) is 9.82. The van der Waals surface area contributed by atoms with Crippen molar-refractivity contribution in [2.45, 2.75) is 33.1 Å². The Balaban J connectivity index is 2.58. The van der Waals surface area contributed by atoms with Crippen LogP contribution in [0.15, 0.2) is 4.42 Å². The van der Waals surface area contributed by atoms with E-state index < -0.39 is 18.9 Å². The van der Waals surface area contributed by atoms with Crippen LogP contribution in [0.5, 0.6) is 0 Å². The van der Waals surface area contributed by atoms with Crippen LogP contribution in [0.1, 0.15) is 25.1 Å². The summed E-state index contributed by atoms with van der Waals surface area (Å²) in [5.41, 5.74) is 0. The highest BCUT2D eigenvalue weighted by Gasteiger charge is 2.19. The number of hydrogen-bond donors (Lipinski definition) is 0. The number of alkyl halides is 2. The first-order chi connectivity index (χ1) is 8.02. The summed E-state index contributed by atoms with van der Waals surface area (Å²) in [5.74, 6) is 0.0855. The molecule has 17 heavy (non-hydrogen) atoms. The zero-order chi connectivity index (χ0) is 12.8. The summed E-state index contributed by atoms with van der Waals surface area (Å²) in [6, 6.07) is 0. The molecule has 0 unspecified atom stereocenters. The van der Waals surface area contributed by atoms with Crippen LogP contribution in [0.4, 0.5) is 8.78 Å². The summed E-state index contributed by atoms with van der Waals surface area (Å²) in [5, 5.41) is 7.23. The van der Waals surface area contributed by atoms with Gasteiger partial charge in [-0.05, 0) is 6.42 Å². The molecule has 1 aromatic heterocycles. The first-order valence-corrected chi connectivity index (χ1v) is 5.37. The van der Waals surface area contributed by atoms with E-state index in [1.165, 1.54) is 0 Å². The van der Waals surface area contributed by atoms with Crippen LogP contribution < -0.4 is 0 Å². The van der Waals surface area contributed by atoms with E-state index in [0.29, 0.717) is 18.9 Å². The van der Waals surface area contributed by atoms with Crippen LogP contribution in [-0.4, -0.2) is 40.5 Å². The van der Waals surface area contributed by atoms with Gasteiger partial charge in [-0.15, -0.1) is 10.2 Å². The number of amides is 1. The van der Waals surface area contributed by atoms with Crippen molar-refractivity contribution in [3.05, 3.63) is 11.8 Å². The standard InChI is InChI=1S/C10H15F2N3O2/c1-3-4-15(6-8(11)12)10(16)5-9-14-13-7(2)17-9/h8H,3-6H2,1-2H3. The third-order valence-electron chi connectivity index (χ3n) is 2.07. The summed E-state index contributed by atoms with van der Waals surface area (Å²) in [6.45, 7) is 3.17. The molecule has 7 heteroatoms. The number of aromatic nitrogens is 2. The van der Waals surface area contributed by atoms with Crippen LogP contribution in [0.2, 0.25) is 0 Å². The highest BCUT2D eigenvalue weighted by atomic mass is 19.3. The van der Waals surface area contributed by atoms with Crippen molar-refractivity contribution in [1.29, 1.82) is 0 Å². The fourth-order valence-corrected chi connectivity index (χ4v) is 1.40. The van der Waals surface area contributed by atoms with Crippen molar-refractivity contribution >= 4 is 5.91 Å². The Kier molecular flexibility index (Phi) is 4.99. The average molecular weight is 247 g/mol. The second-order valence-corrected chi connectivity index (χ2v) is 3.62. The lowest BCUT2D eigenvalue weighted by atomic mass is 10.3. The lowest BCUT2D eigenvalue weighted by molar-refractivity contribution is -0.132. The largest absolute Gasteiger partial charge is 0.425 e. The van der Waals surface area contributed by atoms with E-state index in [1.807, 2.05) is 6.92 Å². The van der Waals surface area contributed by atoms with Gasteiger partial charge in [0.2, 0.25) is 17.7 Å². The predicted molar refractivity (Wildman–Crippen MR) is 55.6 cm³/mol. The molecule has 0 saturated heterocycles. The fourth-order valence-electron chi connectivity index (χ4n) is 1.40. The SMILES string of the molecule is CCCN(CC(F)F)C(=O)Cc1nnc(C)o1. The number of rotatable bonds is 6. The molecule has 1 heterocycles. The molecular weight excluding hydrogens is 232 g/mol. The molecule has 1 amide bonds. The molecular formula is C10H15F2N3O2. The molecule has 0 fully saturated rings. The second kappa shape index (κ2) is 6.27. The highest BCUT2D eigenvalue weighted by Crippen LogP contribution is 2.05. The van der Waals surface area contributed by atoms with Gasteiger partial charge in [-0.25, -0.2) is 8.78 Å². The zero-order valence-electron chi connectivity index (χ0n) is 9.82. The summed E-state index contributed by atoms with van der Waals surface area (Å²) < 4.78 is 29.6. The topological polar surface area (TPSA) is 59.2 Å². The molecule has 5 nitrogen and oxygen atoms in total. The Morgan fingerprint density at radius 2 is 2.18 bits per heavy atom. The minimum Gasteiger partial charge on any atom is -0.425 e. The van der Waals surface area contributed by atoms with Crippen LogP contribution >= 0.6 is 0 Å². The van der Waals surface area contributed by atoms with Crippen molar-refractivity contribution in [2.24, 2.45) is 0 Å². The lowest BCUT2D eigenvalue weighted by Gasteiger charge is -2.20. The van der Waals surface area contributed by atoms with E-state index in [0.717, 1.165) is 4.90 Å². The summed E-state index contributed by atoms with van der Waals surface area (Å²) in [6.07, 6.45) is -2.04. The van der Waals surface area contributed by atoms with Gasteiger partial charge in [0.15, 0.2) is 0 Å². The average Bonchev–Trinajstić information content (AvgIpc) is 2.62. The number of halogens is 2. The van der Waals surface area contributed by atoms with Crippen molar-refractivity contribution in [3.8, 4) is 0 Å². The maximum absolute atomic E-state index is 12.3. The Hall–Kier alpha value is -1.53. The van der Waals surface area contributed by atoms with Crippen LogP contribution in [0.3, 0.4) is 0 Å². The van der Waals surface area contributed by atoms with Crippen LogP contribution in [-0.2, 0) is 11.2 Å². The molecule has 96 valence electrons. The van der Waals surface area contributed by atoms with Gasteiger partial charge in [0.25, 0.3) is 6.43 Å². The Morgan fingerprint density at radius 3 is 2.65 bits per heavy atom. The first-order valence-electron chi connectivity index (χ1n) is 5.37. The van der Waals surface area contributed by atoms with E-state index in [-0.39, 0.29) is 12.3 Å². The Morgan fingerprint density at radius 1 is 1.47 bits per heavy atom. The highest BCUT2D eigenvalue weighted by molar-refractivity contribution is 5.77. The molecule has 0 N–H and O–H groups in total. The predicted octanol–water partition coefficient (Wildman–Crippen LogP) is 1.42. The van der Waals surface area contributed by atoms with Gasteiger partial charge in [-0.1, -0.05) is 6.92 Å². The van der Waals surface area contributed by atoms with E-state index in [4.69, 9.17) is 4.42 Å². The van der Waals surface area contributed by atoms with Gasteiger partial charge in [-0.2, -0.15) is 0 Å². The smallest absolute Gasteiger partial charge is 0.255 e. The van der Waals surface area contributed by atoms with E-state index in [1.54, 1.807) is 6.92 Å². The van der Waals surface area contributed by atoms with Crippen molar-refractivity contribution in [1.82, 2.24) is 15.1 Å². The third-order valence-corrected chi connectivity index (χ3v) is 2.07. The number of nitrogens with zero attached hydrogens (tertiary/aromatic N) is 3. The first kappa shape index (κ1) is 13.5. The van der Waals surface area contributed by atoms with Crippen molar-refractivity contribution in [3.63, 3.8) is 0 Å². The molecule has 1 rings (SSSR count). The number of carbonyl (C=O) groups excluding carboxylic acids is 1. The van der Waals surface area contributed by atoms with Gasteiger partial charge in [0.05, 0.1) is 6.54 Å².